The summed E-state index contributed by atoms with van der Waals surface area (Å²) in [5, 5.41) is 2.98. The zero-order valence-electron chi connectivity index (χ0n) is 17.9. The summed E-state index contributed by atoms with van der Waals surface area (Å²) < 4.78 is 13.4. The van der Waals surface area contributed by atoms with Crippen LogP contribution in [0, 0.1) is 0 Å². The molecular weight excluding hydrogens is 390 g/mol. The van der Waals surface area contributed by atoms with Crippen molar-refractivity contribution in [3.63, 3.8) is 0 Å². The standard InChI is InChI=1S/C25H29N3O3/c1-2-30-21-10-12-22(13-11-21)31-18-14-26-24(29)19-28-17-16-27-15-6-9-23(27)25(28)20-7-4-3-5-8-20/h3-13,15,25H,2,14,16-19H2,1H3,(H,26,29). The van der Waals surface area contributed by atoms with Crippen LogP contribution in [0.15, 0.2) is 72.9 Å². The van der Waals surface area contributed by atoms with Gasteiger partial charge in [-0.3, -0.25) is 9.69 Å². The smallest absolute Gasteiger partial charge is 0.234 e. The molecule has 0 fully saturated rings. The number of ether oxygens (including phenoxy) is 2. The second kappa shape index (κ2) is 10.2. The minimum Gasteiger partial charge on any atom is -0.494 e. The molecule has 3 aromatic rings. The summed E-state index contributed by atoms with van der Waals surface area (Å²) in [5.41, 5.74) is 2.43. The third-order valence-electron chi connectivity index (χ3n) is 5.43. The first-order chi connectivity index (χ1) is 15.2. The van der Waals surface area contributed by atoms with Gasteiger partial charge in [0, 0.05) is 25.0 Å². The molecular formula is C25H29N3O3. The van der Waals surface area contributed by atoms with E-state index >= 15 is 0 Å². The molecule has 6 nitrogen and oxygen atoms in total. The number of hydrogen-bond donors (Lipinski definition) is 1. The number of carbonyl (C=O) groups is 1. The first kappa shape index (κ1) is 21.0. The van der Waals surface area contributed by atoms with Gasteiger partial charge in [0.15, 0.2) is 0 Å². The van der Waals surface area contributed by atoms with Gasteiger partial charge in [-0.2, -0.15) is 0 Å². The topological polar surface area (TPSA) is 55.7 Å². The quantitative estimate of drug-likeness (QED) is 0.540. The van der Waals surface area contributed by atoms with E-state index < -0.39 is 0 Å². The number of nitrogens with one attached hydrogen (secondary N) is 1. The number of aromatic nitrogens is 1. The van der Waals surface area contributed by atoms with Crippen molar-refractivity contribution < 1.29 is 14.3 Å². The van der Waals surface area contributed by atoms with Gasteiger partial charge in [0.25, 0.3) is 0 Å². The lowest BCUT2D eigenvalue weighted by Crippen LogP contribution is -2.45. The highest BCUT2D eigenvalue weighted by Crippen LogP contribution is 2.31. The Morgan fingerprint density at radius 2 is 1.71 bits per heavy atom. The van der Waals surface area contributed by atoms with E-state index in [0.717, 1.165) is 24.6 Å². The van der Waals surface area contributed by atoms with Crippen LogP contribution in [0.2, 0.25) is 0 Å². The lowest BCUT2D eigenvalue weighted by molar-refractivity contribution is -0.123. The van der Waals surface area contributed by atoms with E-state index in [-0.39, 0.29) is 11.9 Å². The number of fused-ring (bicyclic) bond motifs is 1. The van der Waals surface area contributed by atoms with Crippen molar-refractivity contribution in [1.82, 2.24) is 14.8 Å². The zero-order chi connectivity index (χ0) is 21.5. The highest BCUT2D eigenvalue weighted by molar-refractivity contribution is 5.78. The maximum absolute atomic E-state index is 12.6. The average molecular weight is 420 g/mol. The summed E-state index contributed by atoms with van der Waals surface area (Å²) in [7, 11) is 0. The van der Waals surface area contributed by atoms with Crippen LogP contribution in [0.5, 0.6) is 11.5 Å². The Morgan fingerprint density at radius 3 is 2.45 bits per heavy atom. The maximum Gasteiger partial charge on any atom is 0.234 e. The summed E-state index contributed by atoms with van der Waals surface area (Å²) in [4.78, 5) is 14.9. The molecule has 0 radical (unpaired) electrons. The van der Waals surface area contributed by atoms with Crippen LogP contribution >= 0.6 is 0 Å². The molecule has 0 bridgehead atoms. The molecule has 1 aliphatic heterocycles. The number of hydrogen-bond acceptors (Lipinski definition) is 4. The Labute approximate surface area is 183 Å². The number of nitrogens with zero attached hydrogens (tertiary/aromatic N) is 2. The highest BCUT2D eigenvalue weighted by atomic mass is 16.5. The third-order valence-corrected chi connectivity index (χ3v) is 5.43. The van der Waals surface area contributed by atoms with Crippen molar-refractivity contribution >= 4 is 5.91 Å². The molecule has 1 unspecified atom stereocenters. The first-order valence-corrected chi connectivity index (χ1v) is 10.8. The second-order valence-electron chi connectivity index (χ2n) is 7.51. The predicted octanol–water partition coefficient (Wildman–Crippen LogP) is 3.49. The Kier molecular flexibility index (Phi) is 6.89. The van der Waals surface area contributed by atoms with Gasteiger partial charge in [-0.25, -0.2) is 0 Å². The summed E-state index contributed by atoms with van der Waals surface area (Å²) >= 11 is 0. The maximum atomic E-state index is 12.6. The fourth-order valence-corrected chi connectivity index (χ4v) is 4.02. The molecule has 0 saturated carbocycles. The molecule has 31 heavy (non-hydrogen) atoms. The molecule has 6 heteroatoms. The number of benzene rings is 2. The summed E-state index contributed by atoms with van der Waals surface area (Å²) in [6.07, 6.45) is 2.11. The van der Waals surface area contributed by atoms with E-state index in [1.165, 1.54) is 11.3 Å². The molecule has 0 spiro atoms. The van der Waals surface area contributed by atoms with E-state index in [1.807, 2.05) is 49.4 Å². The Hall–Kier alpha value is -3.25. The van der Waals surface area contributed by atoms with Crippen molar-refractivity contribution in [3.8, 4) is 11.5 Å². The fraction of sp³-hybridized carbons (Fsp3) is 0.320. The van der Waals surface area contributed by atoms with Crippen LogP contribution in [0.25, 0.3) is 0 Å². The predicted molar refractivity (Wildman–Crippen MR) is 120 cm³/mol. The Morgan fingerprint density at radius 1 is 0.968 bits per heavy atom. The van der Waals surface area contributed by atoms with E-state index in [1.54, 1.807) is 0 Å². The fourth-order valence-electron chi connectivity index (χ4n) is 4.02. The number of amides is 1. The van der Waals surface area contributed by atoms with Gasteiger partial charge in [-0.05, 0) is 48.9 Å². The van der Waals surface area contributed by atoms with Crippen LogP contribution in [0.3, 0.4) is 0 Å². The number of rotatable bonds is 9. The first-order valence-electron chi connectivity index (χ1n) is 10.8. The monoisotopic (exact) mass is 419 g/mol. The van der Waals surface area contributed by atoms with Gasteiger partial charge < -0.3 is 19.4 Å². The molecule has 1 N–H and O–H groups in total. The van der Waals surface area contributed by atoms with Crippen LogP contribution < -0.4 is 14.8 Å². The van der Waals surface area contributed by atoms with Crippen LogP contribution in [0.1, 0.15) is 24.2 Å². The van der Waals surface area contributed by atoms with Crippen LogP contribution in [0.4, 0.5) is 0 Å². The van der Waals surface area contributed by atoms with Crippen LogP contribution in [-0.4, -0.2) is 48.2 Å². The molecule has 0 aliphatic carbocycles. The lowest BCUT2D eigenvalue weighted by Gasteiger charge is -2.36. The van der Waals surface area contributed by atoms with Crippen molar-refractivity contribution in [2.24, 2.45) is 0 Å². The molecule has 1 atom stereocenters. The molecule has 2 aromatic carbocycles. The molecule has 162 valence electrons. The minimum absolute atomic E-state index is 0.0104. The average Bonchev–Trinajstić information content (AvgIpc) is 3.27. The highest BCUT2D eigenvalue weighted by Gasteiger charge is 2.29. The minimum atomic E-state index is 0.0104. The van der Waals surface area contributed by atoms with Crippen molar-refractivity contribution in [2.75, 3.05) is 32.8 Å². The Balaban J connectivity index is 1.29. The van der Waals surface area contributed by atoms with Crippen molar-refractivity contribution in [2.45, 2.75) is 19.5 Å². The molecule has 1 aromatic heterocycles. The van der Waals surface area contributed by atoms with Gasteiger partial charge >= 0.3 is 0 Å². The summed E-state index contributed by atoms with van der Waals surface area (Å²) in [6.45, 7) is 5.55. The molecule has 2 heterocycles. The van der Waals surface area contributed by atoms with E-state index in [4.69, 9.17) is 9.47 Å². The van der Waals surface area contributed by atoms with Crippen molar-refractivity contribution in [1.29, 1.82) is 0 Å². The van der Waals surface area contributed by atoms with E-state index in [2.05, 4.69) is 45.2 Å². The molecule has 1 amide bonds. The lowest BCUT2D eigenvalue weighted by atomic mass is 10.00. The summed E-state index contributed by atoms with van der Waals surface area (Å²) in [6, 6.07) is 22.2. The van der Waals surface area contributed by atoms with E-state index in [9.17, 15) is 4.79 Å². The third kappa shape index (κ3) is 5.27. The van der Waals surface area contributed by atoms with Crippen molar-refractivity contribution in [3.05, 3.63) is 84.2 Å². The number of carbonyl (C=O) groups excluding carboxylic acids is 1. The van der Waals surface area contributed by atoms with Gasteiger partial charge in [-0.1, -0.05) is 30.3 Å². The molecule has 4 rings (SSSR count). The van der Waals surface area contributed by atoms with E-state index in [0.29, 0.717) is 26.3 Å². The van der Waals surface area contributed by atoms with Gasteiger partial charge in [-0.15, -0.1) is 0 Å². The SMILES string of the molecule is CCOc1ccc(OCCNC(=O)CN2CCn3cccc3C2c2ccccc2)cc1. The molecule has 0 saturated heterocycles. The zero-order valence-corrected chi connectivity index (χ0v) is 17.9. The molecule has 1 aliphatic rings. The van der Waals surface area contributed by atoms with Crippen LogP contribution in [-0.2, 0) is 11.3 Å². The Bertz CT molecular complexity index is 969. The van der Waals surface area contributed by atoms with Gasteiger partial charge in [0.2, 0.25) is 5.91 Å². The van der Waals surface area contributed by atoms with Gasteiger partial charge in [0.1, 0.15) is 18.1 Å². The largest absolute Gasteiger partial charge is 0.494 e. The summed E-state index contributed by atoms with van der Waals surface area (Å²) in [5.74, 6) is 1.60. The normalized spacial score (nSPS) is 15.8. The second-order valence-corrected chi connectivity index (χ2v) is 7.51. The van der Waals surface area contributed by atoms with Gasteiger partial charge in [0.05, 0.1) is 25.7 Å².